The van der Waals surface area contributed by atoms with Crippen LogP contribution in [-0.2, 0) is 23.2 Å². The zero-order valence-electron chi connectivity index (χ0n) is 15.2. The molecular weight excluding hydrogens is 390 g/mol. The first-order chi connectivity index (χ1) is 12.8. The molecule has 1 aliphatic heterocycles. The largest absolute Gasteiger partial charge is 0.497 e. The van der Waals surface area contributed by atoms with E-state index in [0.29, 0.717) is 29.5 Å². The maximum absolute atomic E-state index is 12.3. The molecule has 2 heterocycles. The molecule has 2 amide bonds. The lowest BCUT2D eigenvalue weighted by Gasteiger charge is -2.27. The summed E-state index contributed by atoms with van der Waals surface area (Å²) in [6.07, 6.45) is 0.512. The molecule has 0 saturated carbocycles. The summed E-state index contributed by atoms with van der Waals surface area (Å²) in [7, 11) is 1.10. The molecule has 1 aromatic carbocycles. The summed E-state index contributed by atoms with van der Waals surface area (Å²) >= 11 is 1.28. The number of carbonyl (C=O) groups is 1. The number of carbonyl (C=O) groups excluding carboxylic acids is 1. The number of nitrogens with zero attached hydrogens (tertiary/aromatic N) is 3. The van der Waals surface area contributed by atoms with Crippen LogP contribution in [0.15, 0.2) is 24.3 Å². The van der Waals surface area contributed by atoms with E-state index in [9.17, 15) is 13.2 Å². The Hall–Kier alpha value is -2.21. The van der Waals surface area contributed by atoms with Gasteiger partial charge in [0.05, 0.1) is 19.3 Å². The Morgan fingerprint density at radius 3 is 2.81 bits per heavy atom. The second-order valence-corrected chi connectivity index (χ2v) is 9.30. The van der Waals surface area contributed by atoms with E-state index >= 15 is 0 Å². The standard InChI is InChI=1S/C16H21N5O4S2/c1-20(2)27(23,24)21-8-7-13-14(10-21)26-16(18-13)19-15(22)17-11-5-4-6-12(9-11)25-3/h4-6,9H,7-8,10H2,1-3H3,(H2,17,18,19,22). The quantitative estimate of drug-likeness (QED) is 0.783. The topological polar surface area (TPSA) is 104 Å². The van der Waals surface area contributed by atoms with Crippen molar-refractivity contribution in [1.82, 2.24) is 13.6 Å². The van der Waals surface area contributed by atoms with Crippen LogP contribution in [0.5, 0.6) is 5.75 Å². The zero-order chi connectivity index (χ0) is 19.6. The lowest BCUT2D eigenvalue weighted by Crippen LogP contribution is -2.42. The summed E-state index contributed by atoms with van der Waals surface area (Å²) in [6, 6.07) is 6.59. The fraction of sp³-hybridized carbons (Fsp3) is 0.375. The summed E-state index contributed by atoms with van der Waals surface area (Å²) in [6.45, 7) is 0.624. The highest BCUT2D eigenvalue weighted by Gasteiger charge is 2.30. The first kappa shape index (κ1) is 19.5. The van der Waals surface area contributed by atoms with Gasteiger partial charge in [-0.25, -0.2) is 9.78 Å². The summed E-state index contributed by atoms with van der Waals surface area (Å²) in [5, 5.41) is 5.85. The van der Waals surface area contributed by atoms with E-state index in [-0.39, 0.29) is 6.54 Å². The van der Waals surface area contributed by atoms with Crippen molar-refractivity contribution in [2.24, 2.45) is 0 Å². The van der Waals surface area contributed by atoms with Crippen LogP contribution in [0.4, 0.5) is 15.6 Å². The molecule has 1 aromatic heterocycles. The van der Waals surface area contributed by atoms with Crippen LogP contribution < -0.4 is 15.4 Å². The summed E-state index contributed by atoms with van der Waals surface area (Å²) in [5.74, 6) is 0.639. The Kier molecular flexibility index (Phi) is 5.65. The van der Waals surface area contributed by atoms with Crippen molar-refractivity contribution in [3.05, 3.63) is 34.8 Å². The van der Waals surface area contributed by atoms with E-state index in [1.165, 1.54) is 34.0 Å². The normalized spacial score (nSPS) is 14.7. The first-order valence-corrected chi connectivity index (χ1v) is 10.4. The van der Waals surface area contributed by atoms with Gasteiger partial charge in [-0.15, -0.1) is 0 Å². The molecule has 27 heavy (non-hydrogen) atoms. The van der Waals surface area contributed by atoms with E-state index in [1.807, 2.05) is 0 Å². The SMILES string of the molecule is COc1cccc(NC(=O)Nc2nc3c(s2)CN(S(=O)(=O)N(C)C)CC3)c1. The molecule has 0 bridgehead atoms. The number of methoxy groups -OCH3 is 1. The van der Waals surface area contributed by atoms with Crippen LogP contribution in [0, 0.1) is 0 Å². The molecule has 1 aliphatic rings. The number of fused-ring (bicyclic) bond motifs is 1. The van der Waals surface area contributed by atoms with Crippen LogP contribution in [0.25, 0.3) is 0 Å². The fourth-order valence-corrected chi connectivity index (χ4v) is 4.79. The summed E-state index contributed by atoms with van der Waals surface area (Å²) < 4.78 is 32.3. The smallest absolute Gasteiger partial charge is 0.325 e. The number of amides is 2. The number of hydrogen-bond donors (Lipinski definition) is 2. The van der Waals surface area contributed by atoms with Gasteiger partial charge in [0.25, 0.3) is 10.2 Å². The fourth-order valence-electron chi connectivity index (χ4n) is 2.61. The molecule has 0 atom stereocenters. The average molecular weight is 412 g/mol. The molecule has 11 heteroatoms. The molecule has 0 radical (unpaired) electrons. The monoisotopic (exact) mass is 411 g/mol. The van der Waals surface area contributed by atoms with Gasteiger partial charge in [0.1, 0.15) is 5.75 Å². The molecule has 146 valence electrons. The predicted octanol–water partition coefficient (Wildman–Crippen LogP) is 1.96. The summed E-state index contributed by atoms with van der Waals surface area (Å²) in [5.41, 5.74) is 1.42. The van der Waals surface area contributed by atoms with Crippen LogP contribution in [0.2, 0.25) is 0 Å². The van der Waals surface area contributed by atoms with Crippen molar-refractivity contribution < 1.29 is 17.9 Å². The third-order valence-electron chi connectivity index (χ3n) is 4.03. The van der Waals surface area contributed by atoms with Crippen LogP contribution >= 0.6 is 11.3 Å². The Labute approximate surface area is 162 Å². The van der Waals surface area contributed by atoms with Crippen molar-refractivity contribution in [2.45, 2.75) is 13.0 Å². The van der Waals surface area contributed by atoms with Crippen molar-refractivity contribution in [3.63, 3.8) is 0 Å². The van der Waals surface area contributed by atoms with Gasteiger partial charge in [-0.3, -0.25) is 5.32 Å². The number of nitrogens with one attached hydrogen (secondary N) is 2. The molecule has 3 rings (SSSR count). The summed E-state index contributed by atoms with van der Waals surface area (Å²) in [4.78, 5) is 17.4. The van der Waals surface area contributed by atoms with Gasteiger partial charge in [0, 0.05) is 43.7 Å². The van der Waals surface area contributed by atoms with Gasteiger partial charge in [-0.05, 0) is 12.1 Å². The molecule has 2 aromatic rings. The number of aromatic nitrogens is 1. The van der Waals surface area contributed by atoms with Crippen molar-refractivity contribution in [3.8, 4) is 5.75 Å². The van der Waals surface area contributed by atoms with Gasteiger partial charge in [-0.1, -0.05) is 17.4 Å². The van der Waals surface area contributed by atoms with E-state index < -0.39 is 16.2 Å². The lowest BCUT2D eigenvalue weighted by atomic mass is 10.2. The van der Waals surface area contributed by atoms with Crippen LogP contribution in [0.3, 0.4) is 0 Å². The maximum atomic E-state index is 12.3. The number of anilines is 2. The Bertz CT molecular complexity index is 942. The second-order valence-electron chi connectivity index (χ2n) is 6.07. The molecule has 9 nitrogen and oxygen atoms in total. The first-order valence-electron chi connectivity index (χ1n) is 8.18. The maximum Gasteiger partial charge on any atom is 0.325 e. The molecular formula is C16H21N5O4S2. The molecule has 0 spiro atoms. The lowest BCUT2D eigenvalue weighted by molar-refractivity contribution is 0.262. The highest BCUT2D eigenvalue weighted by molar-refractivity contribution is 7.86. The molecule has 0 fully saturated rings. The minimum atomic E-state index is -3.47. The molecule has 0 saturated heterocycles. The number of hydrogen-bond acceptors (Lipinski definition) is 6. The van der Waals surface area contributed by atoms with Gasteiger partial charge >= 0.3 is 6.03 Å². The number of ether oxygens (including phenoxy) is 1. The molecule has 0 aliphatic carbocycles. The number of benzene rings is 1. The van der Waals surface area contributed by atoms with Gasteiger partial charge in [-0.2, -0.15) is 17.0 Å². The Morgan fingerprint density at radius 2 is 2.11 bits per heavy atom. The second kappa shape index (κ2) is 7.80. The van der Waals surface area contributed by atoms with E-state index in [2.05, 4.69) is 15.6 Å². The minimum Gasteiger partial charge on any atom is -0.497 e. The van der Waals surface area contributed by atoms with Gasteiger partial charge < -0.3 is 10.1 Å². The Morgan fingerprint density at radius 1 is 1.33 bits per heavy atom. The third kappa shape index (κ3) is 4.38. The predicted molar refractivity (Wildman–Crippen MR) is 104 cm³/mol. The van der Waals surface area contributed by atoms with E-state index in [0.717, 1.165) is 10.6 Å². The minimum absolute atomic E-state index is 0.257. The Balaban J connectivity index is 1.66. The van der Waals surface area contributed by atoms with Gasteiger partial charge in [0.2, 0.25) is 0 Å². The number of rotatable bonds is 5. The highest BCUT2D eigenvalue weighted by atomic mass is 32.2. The average Bonchev–Trinajstić information content (AvgIpc) is 3.02. The number of urea groups is 1. The third-order valence-corrected chi connectivity index (χ3v) is 6.92. The number of thiazole rings is 1. The van der Waals surface area contributed by atoms with Crippen molar-refractivity contribution in [2.75, 3.05) is 38.4 Å². The van der Waals surface area contributed by atoms with Crippen molar-refractivity contribution in [1.29, 1.82) is 0 Å². The van der Waals surface area contributed by atoms with Crippen LogP contribution in [0.1, 0.15) is 10.6 Å². The molecule has 0 unspecified atom stereocenters. The zero-order valence-corrected chi connectivity index (χ0v) is 16.9. The highest BCUT2D eigenvalue weighted by Crippen LogP contribution is 2.30. The van der Waals surface area contributed by atoms with E-state index in [1.54, 1.807) is 31.4 Å². The van der Waals surface area contributed by atoms with E-state index in [4.69, 9.17) is 4.74 Å². The van der Waals surface area contributed by atoms with Crippen LogP contribution in [-0.4, -0.2) is 55.8 Å². The van der Waals surface area contributed by atoms with Gasteiger partial charge in [0.15, 0.2) is 5.13 Å². The molecule has 2 N–H and O–H groups in total. The van der Waals surface area contributed by atoms with Crippen molar-refractivity contribution >= 4 is 38.4 Å².